The minimum absolute atomic E-state index is 0.622. The zero-order valence-corrected chi connectivity index (χ0v) is 27.4. The fourth-order valence-corrected chi connectivity index (χ4v) is 6.97. The number of aromatic nitrogens is 4. The topological polar surface area (TPSA) is 64.7 Å². The zero-order chi connectivity index (χ0) is 33.7. The van der Waals surface area contributed by atoms with Gasteiger partial charge in [-0.25, -0.2) is 15.0 Å². The highest BCUT2D eigenvalue weighted by atomic mass is 16.3. The second-order valence-electron chi connectivity index (χ2n) is 12.7. The molecule has 3 aromatic heterocycles. The van der Waals surface area contributed by atoms with Crippen molar-refractivity contribution in [1.82, 2.24) is 19.9 Å². The molecule has 3 heterocycles. The smallest absolute Gasteiger partial charge is 0.164 e. The van der Waals surface area contributed by atoms with E-state index in [0.717, 1.165) is 71.8 Å². The standard InChI is InChI=1S/C46H28N4O/c1-3-11-31(12-4-1)44-48-45(32-13-5-2-6-14-32)50-46(49-44)33-20-18-30(19-21-33)38-26-37(35-22-17-29-10-7-8-15-34(29)24-35)27-42-43(38)39-25-36-16-9-23-47-40(36)28-41(39)51-42/h1-28H. The van der Waals surface area contributed by atoms with Gasteiger partial charge in [-0.3, -0.25) is 4.98 Å². The molecule has 7 aromatic carbocycles. The zero-order valence-electron chi connectivity index (χ0n) is 27.4. The largest absolute Gasteiger partial charge is 0.456 e. The molecule has 0 spiro atoms. The highest BCUT2D eigenvalue weighted by molar-refractivity contribution is 6.16. The monoisotopic (exact) mass is 652 g/mol. The first-order chi connectivity index (χ1) is 25.2. The summed E-state index contributed by atoms with van der Waals surface area (Å²) in [6, 6.07) is 56.5. The van der Waals surface area contributed by atoms with E-state index in [2.05, 4.69) is 96.0 Å². The molecule has 0 fully saturated rings. The maximum Gasteiger partial charge on any atom is 0.164 e. The first kappa shape index (κ1) is 29.0. The Bertz CT molecular complexity index is 2840. The summed E-state index contributed by atoms with van der Waals surface area (Å²) in [5, 5.41) is 5.62. The summed E-state index contributed by atoms with van der Waals surface area (Å²) in [5.74, 6) is 1.90. The summed E-state index contributed by atoms with van der Waals surface area (Å²) >= 11 is 0. The molecule has 10 rings (SSSR count). The second-order valence-corrected chi connectivity index (χ2v) is 12.7. The van der Waals surface area contributed by atoms with Crippen LogP contribution in [-0.2, 0) is 0 Å². The number of nitrogens with zero attached hydrogens (tertiary/aromatic N) is 4. The first-order valence-electron chi connectivity index (χ1n) is 17.0. The normalized spacial score (nSPS) is 11.5. The van der Waals surface area contributed by atoms with Crippen molar-refractivity contribution in [2.75, 3.05) is 0 Å². The fraction of sp³-hybridized carbons (Fsp3) is 0. The van der Waals surface area contributed by atoms with Crippen LogP contribution in [0.25, 0.3) is 100 Å². The van der Waals surface area contributed by atoms with Gasteiger partial charge in [0.15, 0.2) is 17.5 Å². The van der Waals surface area contributed by atoms with Gasteiger partial charge < -0.3 is 4.42 Å². The van der Waals surface area contributed by atoms with Crippen molar-refractivity contribution in [3.8, 4) is 56.4 Å². The van der Waals surface area contributed by atoms with Crippen molar-refractivity contribution in [3.05, 3.63) is 170 Å². The van der Waals surface area contributed by atoms with Crippen molar-refractivity contribution in [1.29, 1.82) is 0 Å². The van der Waals surface area contributed by atoms with E-state index in [-0.39, 0.29) is 0 Å². The summed E-state index contributed by atoms with van der Waals surface area (Å²) in [5.41, 5.74) is 9.74. The van der Waals surface area contributed by atoms with Crippen LogP contribution < -0.4 is 0 Å². The Kier molecular flexibility index (Phi) is 6.74. The predicted molar refractivity (Wildman–Crippen MR) is 207 cm³/mol. The Morgan fingerprint density at radius 3 is 1.67 bits per heavy atom. The molecule has 0 aliphatic carbocycles. The van der Waals surface area contributed by atoms with E-state index in [1.807, 2.05) is 79.0 Å². The molecule has 10 aromatic rings. The van der Waals surface area contributed by atoms with E-state index in [1.165, 1.54) is 10.8 Å². The highest BCUT2D eigenvalue weighted by Crippen LogP contribution is 2.42. The van der Waals surface area contributed by atoms with Gasteiger partial charge >= 0.3 is 0 Å². The van der Waals surface area contributed by atoms with E-state index in [0.29, 0.717) is 17.5 Å². The summed E-state index contributed by atoms with van der Waals surface area (Å²) in [4.78, 5) is 19.4. The van der Waals surface area contributed by atoms with Crippen LogP contribution >= 0.6 is 0 Å². The lowest BCUT2D eigenvalue weighted by molar-refractivity contribution is 0.669. The molecule has 0 unspecified atom stereocenters. The molecule has 5 nitrogen and oxygen atoms in total. The van der Waals surface area contributed by atoms with Crippen molar-refractivity contribution in [3.63, 3.8) is 0 Å². The molecular weight excluding hydrogens is 625 g/mol. The molecule has 0 aliphatic rings. The van der Waals surface area contributed by atoms with E-state index in [4.69, 9.17) is 19.4 Å². The average molecular weight is 653 g/mol. The number of hydrogen-bond acceptors (Lipinski definition) is 5. The van der Waals surface area contributed by atoms with Crippen LogP contribution in [0.15, 0.2) is 174 Å². The fourth-order valence-electron chi connectivity index (χ4n) is 6.97. The van der Waals surface area contributed by atoms with Gasteiger partial charge in [-0.15, -0.1) is 0 Å². The number of hydrogen-bond donors (Lipinski definition) is 0. The molecular formula is C46H28N4O. The Morgan fingerprint density at radius 2 is 0.961 bits per heavy atom. The van der Waals surface area contributed by atoms with Crippen molar-refractivity contribution >= 4 is 43.6 Å². The maximum absolute atomic E-state index is 6.61. The maximum atomic E-state index is 6.61. The molecule has 51 heavy (non-hydrogen) atoms. The predicted octanol–water partition coefficient (Wildman–Crippen LogP) is 11.8. The molecule has 0 saturated carbocycles. The molecule has 0 aliphatic heterocycles. The lowest BCUT2D eigenvalue weighted by atomic mass is 9.93. The Hall–Kier alpha value is -6.98. The number of rotatable bonds is 5. The number of fused-ring (bicyclic) bond motifs is 5. The molecule has 0 N–H and O–H groups in total. The Labute approximate surface area is 293 Å². The second kappa shape index (κ2) is 11.9. The van der Waals surface area contributed by atoms with E-state index >= 15 is 0 Å². The van der Waals surface area contributed by atoms with Crippen LogP contribution in [0, 0.1) is 0 Å². The van der Waals surface area contributed by atoms with Gasteiger partial charge in [0, 0.05) is 45.1 Å². The Balaban J connectivity index is 1.15. The van der Waals surface area contributed by atoms with Crippen LogP contribution in [0.1, 0.15) is 0 Å². The third-order valence-electron chi connectivity index (χ3n) is 9.53. The summed E-state index contributed by atoms with van der Waals surface area (Å²) in [7, 11) is 0. The van der Waals surface area contributed by atoms with Crippen molar-refractivity contribution in [2.24, 2.45) is 0 Å². The lowest BCUT2D eigenvalue weighted by Gasteiger charge is -2.11. The third-order valence-corrected chi connectivity index (χ3v) is 9.53. The van der Waals surface area contributed by atoms with Gasteiger partial charge in [0.1, 0.15) is 11.2 Å². The van der Waals surface area contributed by atoms with Gasteiger partial charge in [0.25, 0.3) is 0 Å². The number of pyridine rings is 1. The van der Waals surface area contributed by atoms with Crippen LogP contribution in [-0.4, -0.2) is 19.9 Å². The summed E-state index contributed by atoms with van der Waals surface area (Å²) in [6.07, 6.45) is 1.82. The lowest BCUT2D eigenvalue weighted by Crippen LogP contribution is -2.00. The molecule has 0 radical (unpaired) electrons. The number of benzene rings is 7. The van der Waals surface area contributed by atoms with E-state index < -0.39 is 0 Å². The van der Waals surface area contributed by atoms with Crippen LogP contribution in [0.4, 0.5) is 0 Å². The van der Waals surface area contributed by atoms with Gasteiger partial charge in [0.2, 0.25) is 0 Å². The highest BCUT2D eigenvalue weighted by Gasteiger charge is 2.18. The van der Waals surface area contributed by atoms with Crippen LogP contribution in [0.3, 0.4) is 0 Å². The third kappa shape index (κ3) is 5.20. The van der Waals surface area contributed by atoms with Crippen LogP contribution in [0.5, 0.6) is 0 Å². The molecule has 5 heteroatoms. The molecule has 0 saturated heterocycles. The quantitative estimate of drug-likeness (QED) is 0.185. The molecule has 0 amide bonds. The van der Waals surface area contributed by atoms with Gasteiger partial charge in [-0.2, -0.15) is 0 Å². The van der Waals surface area contributed by atoms with Crippen molar-refractivity contribution in [2.45, 2.75) is 0 Å². The van der Waals surface area contributed by atoms with Gasteiger partial charge in [-0.05, 0) is 63.4 Å². The Morgan fingerprint density at radius 1 is 0.373 bits per heavy atom. The SMILES string of the molecule is c1ccc(-c2nc(-c3ccccc3)nc(-c3ccc(-c4cc(-c5ccc6ccccc6c5)cc5oc6cc7ncccc7cc6c45)cc3)n2)cc1. The molecule has 0 atom stereocenters. The summed E-state index contributed by atoms with van der Waals surface area (Å²) < 4.78 is 6.61. The van der Waals surface area contributed by atoms with Gasteiger partial charge in [0.05, 0.1) is 5.52 Å². The van der Waals surface area contributed by atoms with Crippen molar-refractivity contribution < 1.29 is 4.42 Å². The van der Waals surface area contributed by atoms with E-state index in [9.17, 15) is 0 Å². The summed E-state index contributed by atoms with van der Waals surface area (Å²) in [6.45, 7) is 0. The first-order valence-corrected chi connectivity index (χ1v) is 17.0. The minimum atomic E-state index is 0.622. The minimum Gasteiger partial charge on any atom is -0.456 e. The molecule has 0 bridgehead atoms. The van der Waals surface area contributed by atoms with Crippen LogP contribution in [0.2, 0.25) is 0 Å². The number of furan rings is 1. The average Bonchev–Trinajstić information content (AvgIpc) is 3.57. The molecule has 238 valence electrons. The van der Waals surface area contributed by atoms with Gasteiger partial charge in [-0.1, -0.05) is 127 Å². The van der Waals surface area contributed by atoms with E-state index in [1.54, 1.807) is 0 Å².